The highest BCUT2D eigenvalue weighted by molar-refractivity contribution is 5.98. The molecule has 1 atom stereocenters. The van der Waals surface area contributed by atoms with Gasteiger partial charge in [0.15, 0.2) is 0 Å². The Morgan fingerprint density at radius 1 is 1.25 bits per heavy atom. The van der Waals surface area contributed by atoms with Gasteiger partial charge in [-0.15, -0.1) is 0 Å². The van der Waals surface area contributed by atoms with Gasteiger partial charge in [-0.1, -0.05) is 18.2 Å². The van der Waals surface area contributed by atoms with Crippen molar-refractivity contribution >= 4 is 17.5 Å². The van der Waals surface area contributed by atoms with Gasteiger partial charge in [0.05, 0.1) is 5.92 Å². The highest BCUT2D eigenvalue weighted by atomic mass is 16.2. The van der Waals surface area contributed by atoms with Gasteiger partial charge < -0.3 is 9.80 Å². The molecule has 2 amide bonds. The van der Waals surface area contributed by atoms with E-state index in [1.54, 1.807) is 16.8 Å². The van der Waals surface area contributed by atoms with Crippen molar-refractivity contribution in [1.82, 2.24) is 4.90 Å². The van der Waals surface area contributed by atoms with Gasteiger partial charge in [0.2, 0.25) is 11.8 Å². The van der Waals surface area contributed by atoms with Gasteiger partial charge in [-0.3, -0.25) is 9.59 Å². The molecule has 1 aliphatic heterocycles. The molecular formula is C16H22N2O2. The molecule has 1 aromatic carbocycles. The lowest BCUT2D eigenvalue weighted by molar-refractivity contribution is -0.131. The molecule has 1 aromatic rings. The first-order chi connectivity index (χ1) is 9.30. The van der Waals surface area contributed by atoms with Crippen LogP contribution in [-0.4, -0.2) is 35.8 Å². The van der Waals surface area contributed by atoms with E-state index in [4.69, 9.17) is 0 Å². The third kappa shape index (κ3) is 2.84. The maximum absolute atomic E-state index is 12.5. The number of carbonyl (C=O) groups is 2. The molecule has 1 saturated heterocycles. The predicted molar refractivity (Wildman–Crippen MR) is 79.4 cm³/mol. The lowest BCUT2D eigenvalue weighted by Gasteiger charge is -2.32. The monoisotopic (exact) mass is 274 g/mol. The third-order valence-electron chi connectivity index (χ3n) is 3.76. The Labute approximate surface area is 120 Å². The molecule has 0 bridgehead atoms. The van der Waals surface area contributed by atoms with Crippen molar-refractivity contribution in [3.05, 3.63) is 30.3 Å². The number of nitrogens with zero attached hydrogens (tertiary/aromatic N) is 2. The molecule has 1 fully saturated rings. The molecule has 0 spiro atoms. The Morgan fingerprint density at radius 2 is 1.85 bits per heavy atom. The van der Waals surface area contributed by atoms with E-state index < -0.39 is 0 Å². The summed E-state index contributed by atoms with van der Waals surface area (Å²) in [5.41, 5.74) is 0.636. The molecule has 2 rings (SSSR count). The smallest absolute Gasteiger partial charge is 0.232 e. The molecule has 20 heavy (non-hydrogen) atoms. The Balaban J connectivity index is 2.10. The fourth-order valence-corrected chi connectivity index (χ4v) is 2.57. The summed E-state index contributed by atoms with van der Waals surface area (Å²) in [6.45, 7) is 6.51. The van der Waals surface area contributed by atoms with E-state index in [9.17, 15) is 9.59 Å². The molecule has 108 valence electrons. The van der Waals surface area contributed by atoms with Gasteiger partial charge in [-0.05, 0) is 32.9 Å². The number of rotatable bonds is 2. The van der Waals surface area contributed by atoms with E-state index in [1.165, 1.54) is 0 Å². The zero-order valence-electron chi connectivity index (χ0n) is 12.6. The number of hydrogen-bond acceptors (Lipinski definition) is 2. The van der Waals surface area contributed by atoms with E-state index in [0.717, 1.165) is 5.69 Å². The number of carbonyl (C=O) groups excluding carboxylic acids is 2. The summed E-state index contributed by atoms with van der Waals surface area (Å²) in [6, 6.07) is 9.52. The maximum atomic E-state index is 12.5. The summed E-state index contributed by atoms with van der Waals surface area (Å²) in [5, 5.41) is 0. The average Bonchev–Trinajstić information content (AvgIpc) is 2.80. The minimum absolute atomic E-state index is 0.0105. The molecular weight excluding hydrogens is 252 g/mol. The van der Waals surface area contributed by atoms with Crippen molar-refractivity contribution in [1.29, 1.82) is 0 Å². The van der Waals surface area contributed by atoms with Gasteiger partial charge in [0.25, 0.3) is 0 Å². The van der Waals surface area contributed by atoms with Crippen LogP contribution in [0.25, 0.3) is 0 Å². The quantitative estimate of drug-likeness (QED) is 0.830. The van der Waals surface area contributed by atoms with E-state index in [1.807, 2.05) is 51.1 Å². The Kier molecular flexibility index (Phi) is 3.84. The third-order valence-corrected chi connectivity index (χ3v) is 3.76. The number of likely N-dealkylation sites (tertiary alicyclic amines) is 1. The van der Waals surface area contributed by atoms with Crippen LogP contribution in [0.1, 0.15) is 27.2 Å². The summed E-state index contributed by atoms with van der Waals surface area (Å²) in [5.74, 6) is -0.166. The van der Waals surface area contributed by atoms with Crippen molar-refractivity contribution in [2.45, 2.75) is 32.7 Å². The number of amides is 2. The second kappa shape index (κ2) is 5.27. The van der Waals surface area contributed by atoms with Crippen LogP contribution in [0.4, 0.5) is 5.69 Å². The summed E-state index contributed by atoms with van der Waals surface area (Å²) in [6.07, 6.45) is 0.313. The zero-order valence-corrected chi connectivity index (χ0v) is 12.6. The zero-order chi connectivity index (χ0) is 14.9. The summed E-state index contributed by atoms with van der Waals surface area (Å²) >= 11 is 0. The number of para-hydroxylation sites is 1. The van der Waals surface area contributed by atoms with Crippen molar-refractivity contribution in [3.63, 3.8) is 0 Å². The van der Waals surface area contributed by atoms with Crippen LogP contribution in [0.15, 0.2) is 30.3 Å². The number of hydrogen-bond donors (Lipinski definition) is 0. The summed E-state index contributed by atoms with van der Waals surface area (Å²) < 4.78 is 0. The van der Waals surface area contributed by atoms with Gasteiger partial charge in [-0.25, -0.2) is 0 Å². The minimum atomic E-state index is -0.244. The van der Waals surface area contributed by atoms with E-state index in [-0.39, 0.29) is 23.3 Å². The normalized spacial score (nSPS) is 19.3. The van der Waals surface area contributed by atoms with Crippen molar-refractivity contribution in [2.75, 3.05) is 18.5 Å². The van der Waals surface area contributed by atoms with Gasteiger partial charge in [-0.2, -0.15) is 0 Å². The second-order valence-electron chi connectivity index (χ2n) is 6.31. The summed E-state index contributed by atoms with van der Waals surface area (Å²) in [4.78, 5) is 28.0. The first kappa shape index (κ1) is 14.6. The molecule has 0 radical (unpaired) electrons. The first-order valence-corrected chi connectivity index (χ1v) is 6.94. The van der Waals surface area contributed by atoms with Gasteiger partial charge >= 0.3 is 0 Å². The van der Waals surface area contributed by atoms with E-state index in [0.29, 0.717) is 13.0 Å². The molecule has 4 heteroatoms. The Hall–Kier alpha value is -1.84. The van der Waals surface area contributed by atoms with E-state index in [2.05, 4.69) is 0 Å². The second-order valence-corrected chi connectivity index (χ2v) is 6.31. The Morgan fingerprint density at radius 3 is 2.35 bits per heavy atom. The molecule has 1 aliphatic rings. The number of anilines is 1. The maximum Gasteiger partial charge on any atom is 0.232 e. The van der Waals surface area contributed by atoms with E-state index >= 15 is 0 Å². The Bertz CT molecular complexity index is 505. The summed E-state index contributed by atoms with van der Waals surface area (Å²) in [7, 11) is 1.77. The molecule has 4 nitrogen and oxygen atoms in total. The van der Waals surface area contributed by atoms with Crippen molar-refractivity contribution in [3.8, 4) is 0 Å². The standard InChI is InChI=1S/C16H22N2O2/c1-16(2,3)18-11-12(10-14(18)19)15(20)17(4)13-8-6-5-7-9-13/h5-9,12H,10-11H2,1-4H3/t12-/m1/s1. The molecule has 0 aromatic heterocycles. The van der Waals surface area contributed by atoms with Crippen LogP contribution in [-0.2, 0) is 9.59 Å². The fraction of sp³-hybridized carbons (Fsp3) is 0.500. The van der Waals surface area contributed by atoms with Gasteiger partial charge in [0, 0.05) is 31.2 Å². The molecule has 1 heterocycles. The van der Waals surface area contributed by atoms with Crippen LogP contribution in [0.5, 0.6) is 0 Å². The largest absolute Gasteiger partial charge is 0.337 e. The van der Waals surface area contributed by atoms with Crippen LogP contribution in [0.3, 0.4) is 0 Å². The van der Waals surface area contributed by atoms with Crippen molar-refractivity contribution < 1.29 is 9.59 Å². The number of benzene rings is 1. The fourth-order valence-electron chi connectivity index (χ4n) is 2.57. The molecule has 0 saturated carbocycles. The van der Waals surface area contributed by atoms with Crippen LogP contribution in [0.2, 0.25) is 0 Å². The van der Waals surface area contributed by atoms with Gasteiger partial charge in [0.1, 0.15) is 0 Å². The minimum Gasteiger partial charge on any atom is -0.337 e. The molecule has 0 unspecified atom stereocenters. The van der Waals surface area contributed by atoms with Crippen LogP contribution < -0.4 is 4.90 Å². The highest BCUT2D eigenvalue weighted by Crippen LogP contribution is 2.27. The first-order valence-electron chi connectivity index (χ1n) is 6.94. The lowest BCUT2D eigenvalue weighted by Crippen LogP contribution is -2.43. The topological polar surface area (TPSA) is 40.6 Å². The van der Waals surface area contributed by atoms with Crippen LogP contribution in [0, 0.1) is 5.92 Å². The van der Waals surface area contributed by atoms with Crippen LogP contribution >= 0.6 is 0 Å². The highest BCUT2D eigenvalue weighted by Gasteiger charge is 2.40. The predicted octanol–water partition coefficient (Wildman–Crippen LogP) is 2.30. The molecule has 0 aliphatic carbocycles. The average molecular weight is 274 g/mol. The van der Waals surface area contributed by atoms with Crippen molar-refractivity contribution in [2.24, 2.45) is 5.92 Å². The SMILES string of the molecule is CN(C(=O)[C@@H]1CC(=O)N(C(C)(C)C)C1)c1ccccc1. The molecule has 0 N–H and O–H groups in total. The lowest BCUT2D eigenvalue weighted by atomic mass is 10.1.